The molecule has 2 fully saturated rings. The van der Waals surface area contributed by atoms with Crippen LogP contribution >= 0.6 is 11.3 Å². The van der Waals surface area contributed by atoms with Gasteiger partial charge in [0.2, 0.25) is 10.0 Å². The molecule has 0 aliphatic heterocycles. The van der Waals surface area contributed by atoms with Crippen molar-refractivity contribution >= 4 is 44.0 Å². The van der Waals surface area contributed by atoms with Crippen molar-refractivity contribution in [2.24, 2.45) is 11.8 Å². The molecule has 3 N–H and O–H groups in total. The van der Waals surface area contributed by atoms with Crippen molar-refractivity contribution in [2.45, 2.75) is 81.4 Å². The number of hydrogen-bond donors (Lipinski definition) is 3. The lowest BCUT2D eigenvalue weighted by Gasteiger charge is -2.32. The third-order valence-electron chi connectivity index (χ3n) is 8.16. The molecule has 1 aromatic heterocycles. The van der Waals surface area contributed by atoms with Crippen molar-refractivity contribution in [1.29, 1.82) is 0 Å². The highest BCUT2D eigenvalue weighted by atomic mass is 32.2. The van der Waals surface area contributed by atoms with Gasteiger partial charge >= 0.3 is 12.1 Å². The smallest absolute Gasteiger partial charge is 0.404 e. The number of carbonyl (C=O) groups is 2. The molecule has 2 saturated carbocycles. The molecule has 3 aromatic rings. The fraction of sp³-hybridized carbons (Fsp3) is 0.483. The molecule has 2 aromatic carbocycles. The zero-order chi connectivity index (χ0) is 30.2. The highest BCUT2D eigenvalue weighted by Gasteiger charge is 2.39. The van der Waals surface area contributed by atoms with Crippen LogP contribution in [0.1, 0.15) is 67.4 Å². The van der Waals surface area contributed by atoms with E-state index in [1.54, 1.807) is 35.1 Å². The van der Waals surface area contributed by atoms with Crippen molar-refractivity contribution in [1.82, 2.24) is 15.0 Å². The van der Waals surface area contributed by atoms with Gasteiger partial charge in [0.15, 0.2) is 5.01 Å². The predicted octanol–water partition coefficient (Wildman–Crippen LogP) is 5.91. The number of alkyl halides is 3. The van der Waals surface area contributed by atoms with E-state index in [9.17, 15) is 31.2 Å². The second kappa shape index (κ2) is 11.9. The number of amides is 1. The summed E-state index contributed by atoms with van der Waals surface area (Å²) in [6.45, 7) is 0.751. The van der Waals surface area contributed by atoms with Gasteiger partial charge in [-0.25, -0.2) is 13.4 Å². The van der Waals surface area contributed by atoms with E-state index in [0.717, 1.165) is 38.3 Å². The summed E-state index contributed by atoms with van der Waals surface area (Å²) >= 11 is 1.18. The number of halogens is 3. The Labute approximate surface area is 245 Å². The Balaban J connectivity index is 1.52. The number of thiazole rings is 1. The zero-order valence-electron chi connectivity index (χ0n) is 22.9. The number of nitrogens with one attached hydrogen (secondary N) is 2. The number of rotatable bonds is 9. The van der Waals surface area contributed by atoms with Crippen LogP contribution in [-0.2, 0) is 21.2 Å². The maximum absolute atomic E-state index is 13.2. The molecule has 2 aliphatic rings. The second-order valence-corrected chi connectivity index (χ2v) is 13.9. The fourth-order valence-corrected chi connectivity index (χ4v) is 8.19. The molecule has 226 valence electrons. The Kier molecular flexibility index (Phi) is 8.64. The molecule has 13 heteroatoms. The van der Waals surface area contributed by atoms with Crippen molar-refractivity contribution in [3.63, 3.8) is 0 Å². The lowest BCUT2D eigenvalue weighted by molar-refractivity contribution is -0.147. The van der Waals surface area contributed by atoms with Gasteiger partial charge in [0.05, 0.1) is 21.4 Å². The van der Waals surface area contributed by atoms with Gasteiger partial charge in [-0.1, -0.05) is 62.4 Å². The zero-order valence-corrected chi connectivity index (χ0v) is 24.5. The fourth-order valence-electron chi connectivity index (χ4n) is 5.71. The van der Waals surface area contributed by atoms with Crippen LogP contribution in [0, 0.1) is 11.8 Å². The number of benzene rings is 2. The molecule has 2 aliphatic carbocycles. The number of fused-ring (bicyclic) bond motifs is 1. The summed E-state index contributed by atoms with van der Waals surface area (Å²) in [5.74, 6) is -1.36. The third-order valence-corrected chi connectivity index (χ3v) is 10.9. The quantitative estimate of drug-likeness (QED) is 0.272. The van der Waals surface area contributed by atoms with Crippen LogP contribution in [0.15, 0.2) is 41.3 Å². The Morgan fingerprint density at radius 2 is 1.74 bits per heavy atom. The van der Waals surface area contributed by atoms with Gasteiger partial charge in [0, 0.05) is 17.0 Å². The molecule has 1 amide bonds. The molecular weight excluding hydrogens is 591 g/mol. The van der Waals surface area contributed by atoms with E-state index < -0.39 is 34.1 Å². The minimum absolute atomic E-state index is 0.232. The van der Waals surface area contributed by atoms with E-state index in [1.807, 2.05) is 0 Å². The number of sulfonamides is 1. The van der Waals surface area contributed by atoms with Crippen molar-refractivity contribution in [3.8, 4) is 10.4 Å². The molecule has 5 rings (SSSR count). The first kappa shape index (κ1) is 30.4. The number of carbonyl (C=O) groups excluding carboxylic acids is 1. The molecule has 0 unspecified atom stereocenters. The predicted molar refractivity (Wildman–Crippen MR) is 153 cm³/mol. The normalized spacial score (nSPS) is 20.7. The van der Waals surface area contributed by atoms with Gasteiger partial charge in [-0.15, -0.1) is 11.3 Å². The van der Waals surface area contributed by atoms with Crippen LogP contribution in [-0.4, -0.2) is 48.6 Å². The maximum Gasteiger partial charge on any atom is 0.404 e. The summed E-state index contributed by atoms with van der Waals surface area (Å²) in [6.07, 6.45) is 2.09. The number of carboxylic acids is 1. The molecule has 0 saturated heterocycles. The van der Waals surface area contributed by atoms with Gasteiger partial charge in [0.1, 0.15) is 6.04 Å². The summed E-state index contributed by atoms with van der Waals surface area (Å²) in [4.78, 5) is 29.5. The first-order valence-electron chi connectivity index (χ1n) is 14.0. The molecular formula is C29H32F3N3O5S2. The standard InChI is InChI=1S/C29H32F3N3O5S2/c1-16(29(30,31)32)35-42(39,40)24-12-11-22(20-9-5-6-10-21(20)24)25-23(13-17-7-3-2-4-8-17)34-27(41-25)26(36)33-19-14-18(15-19)28(37)38/h5-6,9-12,16-19,35H,2-4,7-8,13-15H2,1H3,(H,33,36)(H,37,38)/t16-,18-,19-/m0/s1. The van der Waals surface area contributed by atoms with Crippen LogP contribution in [0.3, 0.4) is 0 Å². The molecule has 1 heterocycles. The van der Waals surface area contributed by atoms with Crippen LogP contribution in [0.25, 0.3) is 21.2 Å². The lowest BCUT2D eigenvalue weighted by atomic mass is 9.80. The average Bonchev–Trinajstić information content (AvgIpc) is 3.32. The van der Waals surface area contributed by atoms with Crippen molar-refractivity contribution in [3.05, 3.63) is 47.1 Å². The Bertz CT molecular complexity index is 1590. The highest BCUT2D eigenvalue weighted by molar-refractivity contribution is 7.89. The van der Waals surface area contributed by atoms with Gasteiger partial charge < -0.3 is 10.4 Å². The molecule has 42 heavy (non-hydrogen) atoms. The summed E-state index contributed by atoms with van der Waals surface area (Å²) in [5.41, 5.74) is 1.36. The topological polar surface area (TPSA) is 125 Å². The molecule has 0 spiro atoms. The molecule has 0 radical (unpaired) electrons. The Hall–Kier alpha value is -3.03. The van der Waals surface area contributed by atoms with Gasteiger partial charge in [0.25, 0.3) is 5.91 Å². The van der Waals surface area contributed by atoms with Gasteiger partial charge in [-0.2, -0.15) is 17.9 Å². The minimum atomic E-state index is -4.75. The van der Waals surface area contributed by atoms with E-state index in [-0.39, 0.29) is 27.2 Å². The van der Waals surface area contributed by atoms with Gasteiger partial charge in [-0.3, -0.25) is 9.59 Å². The number of nitrogens with zero attached hydrogens (tertiary/aromatic N) is 1. The van der Waals surface area contributed by atoms with E-state index in [0.29, 0.717) is 41.0 Å². The Morgan fingerprint density at radius 1 is 1.07 bits per heavy atom. The van der Waals surface area contributed by atoms with Crippen LogP contribution in [0.4, 0.5) is 13.2 Å². The van der Waals surface area contributed by atoms with Gasteiger partial charge in [-0.05, 0) is 43.6 Å². The maximum atomic E-state index is 13.2. The highest BCUT2D eigenvalue weighted by Crippen LogP contribution is 2.40. The minimum Gasteiger partial charge on any atom is -0.481 e. The average molecular weight is 624 g/mol. The van der Waals surface area contributed by atoms with Crippen molar-refractivity contribution < 1.29 is 36.3 Å². The number of aliphatic carboxylic acids is 1. The summed E-state index contributed by atoms with van der Waals surface area (Å²) in [5, 5.41) is 13.0. The first-order valence-corrected chi connectivity index (χ1v) is 16.3. The number of carboxylic acid groups (broad SMARTS) is 1. The first-order chi connectivity index (χ1) is 19.8. The van der Waals surface area contributed by atoms with Crippen LogP contribution < -0.4 is 10.0 Å². The van der Waals surface area contributed by atoms with E-state index >= 15 is 0 Å². The third kappa shape index (κ3) is 6.47. The number of hydrogen-bond acceptors (Lipinski definition) is 6. The lowest BCUT2D eigenvalue weighted by Crippen LogP contribution is -2.46. The van der Waals surface area contributed by atoms with Crippen molar-refractivity contribution in [2.75, 3.05) is 0 Å². The summed E-state index contributed by atoms with van der Waals surface area (Å²) in [6, 6.07) is 6.95. The summed E-state index contributed by atoms with van der Waals surface area (Å²) in [7, 11) is -4.52. The van der Waals surface area contributed by atoms with E-state index in [4.69, 9.17) is 10.1 Å². The van der Waals surface area contributed by atoms with E-state index in [1.165, 1.54) is 23.8 Å². The monoisotopic (exact) mass is 623 g/mol. The Morgan fingerprint density at radius 3 is 2.38 bits per heavy atom. The molecule has 8 nitrogen and oxygen atoms in total. The SMILES string of the molecule is C[C@H](NS(=O)(=O)c1ccc(-c2sc(C(=O)N[C@H]3C[C@H](C(=O)O)C3)nc2CC2CCCCC2)c2ccccc12)C(F)(F)F. The van der Waals surface area contributed by atoms with Crippen LogP contribution in [0.5, 0.6) is 0 Å². The number of aromatic nitrogens is 1. The van der Waals surface area contributed by atoms with Crippen LogP contribution in [0.2, 0.25) is 0 Å². The second-order valence-electron chi connectivity index (χ2n) is 11.2. The molecule has 0 bridgehead atoms. The summed E-state index contributed by atoms with van der Waals surface area (Å²) < 4.78 is 67.4. The molecule has 1 atom stereocenters. The van der Waals surface area contributed by atoms with E-state index in [2.05, 4.69) is 5.32 Å². The largest absolute Gasteiger partial charge is 0.481 e.